The minimum Gasteiger partial charge on any atom is -0.371 e. The van der Waals surface area contributed by atoms with Crippen LogP contribution in [0.15, 0.2) is 23.4 Å². The summed E-state index contributed by atoms with van der Waals surface area (Å²) in [5.74, 6) is 1.97. The summed E-state index contributed by atoms with van der Waals surface area (Å²) in [4.78, 5) is 19.3. The molecule has 0 unspecified atom stereocenters. The zero-order chi connectivity index (χ0) is 19.3. The van der Waals surface area contributed by atoms with E-state index in [4.69, 9.17) is 0 Å². The molecule has 1 aromatic heterocycles. The molecule has 0 bridgehead atoms. The number of rotatable bonds is 7. The highest BCUT2D eigenvalue weighted by molar-refractivity contribution is 7.99. The Morgan fingerprint density at radius 2 is 2.04 bits per heavy atom. The second-order valence-electron chi connectivity index (χ2n) is 7.95. The highest BCUT2D eigenvalue weighted by Gasteiger charge is 2.18. The number of hydrogen-bond acceptors (Lipinski definition) is 5. The summed E-state index contributed by atoms with van der Waals surface area (Å²) < 4.78 is 0. The van der Waals surface area contributed by atoms with Crippen LogP contribution < -0.4 is 10.2 Å². The number of benzene rings is 1. The van der Waals surface area contributed by atoms with Crippen molar-refractivity contribution >= 4 is 29.0 Å². The van der Waals surface area contributed by atoms with Gasteiger partial charge in [-0.15, -0.1) is 5.10 Å². The summed E-state index contributed by atoms with van der Waals surface area (Å²) in [5.41, 5.74) is 3.33. The van der Waals surface area contributed by atoms with E-state index in [1.165, 1.54) is 61.5 Å². The second kappa shape index (κ2) is 8.99. The first kappa shape index (κ1) is 19.3. The average Bonchev–Trinajstić information content (AvgIpc) is 3.44. The Morgan fingerprint density at radius 1 is 1.25 bits per heavy atom. The predicted octanol–water partition coefficient (Wildman–Crippen LogP) is 4.18. The Labute approximate surface area is 170 Å². The number of H-pyrrole nitrogens is 1. The number of carbonyl (C=O) groups excluding carboxylic acids is 1. The lowest BCUT2D eigenvalue weighted by Gasteiger charge is -2.20. The standard InChI is InChI=1S/C21H29N5OS/c1-15-12-17(8-9-18(15)26-10-4-5-11-26)22-20(27)14-28-21-23-19(24-25-21)13-16-6-2-3-7-16/h8-9,12,16H,2-7,10-11,13-14H2,1H3,(H,22,27)(H,23,24,25). The van der Waals surface area contributed by atoms with Crippen molar-refractivity contribution in [2.24, 2.45) is 5.92 Å². The van der Waals surface area contributed by atoms with Gasteiger partial charge < -0.3 is 10.2 Å². The average molecular weight is 400 g/mol. The van der Waals surface area contributed by atoms with E-state index in [1.807, 2.05) is 6.07 Å². The summed E-state index contributed by atoms with van der Waals surface area (Å²) in [7, 11) is 0. The lowest BCUT2D eigenvalue weighted by Crippen LogP contribution is -2.19. The summed E-state index contributed by atoms with van der Waals surface area (Å²) >= 11 is 1.38. The lowest BCUT2D eigenvalue weighted by atomic mass is 10.0. The first-order chi connectivity index (χ1) is 13.7. The molecule has 2 aliphatic rings. The molecule has 0 spiro atoms. The molecule has 1 amide bonds. The molecule has 4 rings (SSSR count). The first-order valence-electron chi connectivity index (χ1n) is 10.4. The third-order valence-electron chi connectivity index (χ3n) is 5.73. The van der Waals surface area contributed by atoms with Gasteiger partial charge in [-0.1, -0.05) is 37.4 Å². The van der Waals surface area contributed by atoms with Crippen LogP contribution in [-0.2, 0) is 11.2 Å². The zero-order valence-electron chi connectivity index (χ0n) is 16.5. The van der Waals surface area contributed by atoms with E-state index in [-0.39, 0.29) is 5.91 Å². The fraction of sp³-hybridized carbons (Fsp3) is 0.571. The van der Waals surface area contributed by atoms with Gasteiger partial charge in [-0.25, -0.2) is 4.98 Å². The number of carbonyl (C=O) groups is 1. The van der Waals surface area contributed by atoms with Crippen LogP contribution in [0, 0.1) is 12.8 Å². The lowest BCUT2D eigenvalue weighted by molar-refractivity contribution is -0.113. The van der Waals surface area contributed by atoms with Crippen molar-refractivity contribution in [3.8, 4) is 0 Å². The van der Waals surface area contributed by atoms with E-state index in [0.29, 0.717) is 10.9 Å². The molecule has 2 N–H and O–H groups in total. The van der Waals surface area contributed by atoms with Crippen LogP contribution in [0.4, 0.5) is 11.4 Å². The molecule has 1 aliphatic heterocycles. The number of thioether (sulfide) groups is 1. The number of aromatic amines is 1. The van der Waals surface area contributed by atoms with Crippen molar-refractivity contribution in [3.05, 3.63) is 29.6 Å². The molecular weight excluding hydrogens is 370 g/mol. The van der Waals surface area contributed by atoms with Crippen molar-refractivity contribution in [2.45, 2.75) is 57.0 Å². The van der Waals surface area contributed by atoms with Crippen molar-refractivity contribution in [1.82, 2.24) is 15.2 Å². The molecule has 150 valence electrons. The van der Waals surface area contributed by atoms with Crippen LogP contribution in [-0.4, -0.2) is 39.9 Å². The molecule has 1 saturated heterocycles. The number of aryl methyl sites for hydroxylation is 1. The number of anilines is 2. The Morgan fingerprint density at radius 3 is 2.79 bits per heavy atom. The topological polar surface area (TPSA) is 73.9 Å². The largest absolute Gasteiger partial charge is 0.371 e. The predicted molar refractivity (Wildman–Crippen MR) is 114 cm³/mol. The molecule has 2 fully saturated rings. The van der Waals surface area contributed by atoms with Gasteiger partial charge in [0, 0.05) is 30.9 Å². The van der Waals surface area contributed by atoms with Gasteiger partial charge >= 0.3 is 0 Å². The zero-order valence-corrected chi connectivity index (χ0v) is 17.4. The fourth-order valence-electron chi connectivity index (χ4n) is 4.29. The Kier molecular flexibility index (Phi) is 6.20. The van der Waals surface area contributed by atoms with Crippen molar-refractivity contribution in [2.75, 3.05) is 29.1 Å². The number of aromatic nitrogens is 3. The molecular formula is C21H29N5OS. The molecule has 28 heavy (non-hydrogen) atoms. The van der Waals surface area contributed by atoms with E-state index in [9.17, 15) is 4.79 Å². The number of nitrogens with one attached hydrogen (secondary N) is 2. The monoisotopic (exact) mass is 399 g/mol. The molecule has 2 aromatic rings. The van der Waals surface area contributed by atoms with Crippen LogP contribution in [0.1, 0.15) is 49.9 Å². The van der Waals surface area contributed by atoms with E-state index in [2.05, 4.69) is 44.5 Å². The van der Waals surface area contributed by atoms with Gasteiger partial charge in [0.05, 0.1) is 5.75 Å². The molecule has 0 atom stereocenters. The van der Waals surface area contributed by atoms with Gasteiger partial charge in [-0.3, -0.25) is 9.89 Å². The summed E-state index contributed by atoms with van der Waals surface area (Å²) in [5, 5.41) is 10.9. The van der Waals surface area contributed by atoms with E-state index in [1.54, 1.807) is 0 Å². The number of hydrogen-bond donors (Lipinski definition) is 2. The van der Waals surface area contributed by atoms with E-state index >= 15 is 0 Å². The van der Waals surface area contributed by atoms with E-state index < -0.39 is 0 Å². The van der Waals surface area contributed by atoms with Crippen LogP contribution in [0.5, 0.6) is 0 Å². The molecule has 0 radical (unpaired) electrons. The first-order valence-corrected chi connectivity index (χ1v) is 11.4. The molecule has 1 aromatic carbocycles. The van der Waals surface area contributed by atoms with Crippen LogP contribution >= 0.6 is 11.8 Å². The maximum Gasteiger partial charge on any atom is 0.234 e. The molecule has 6 nitrogen and oxygen atoms in total. The SMILES string of the molecule is Cc1cc(NC(=O)CSc2n[nH]c(CC3CCCC3)n2)ccc1N1CCCC1. The van der Waals surface area contributed by atoms with Crippen molar-refractivity contribution in [3.63, 3.8) is 0 Å². The fourth-order valence-corrected chi connectivity index (χ4v) is 4.91. The Hall–Kier alpha value is -2.02. The number of amides is 1. The molecule has 1 aliphatic carbocycles. The van der Waals surface area contributed by atoms with Gasteiger partial charge in [-0.2, -0.15) is 0 Å². The van der Waals surface area contributed by atoms with Gasteiger partial charge in [0.2, 0.25) is 11.1 Å². The Bertz CT molecular complexity index is 809. The molecule has 2 heterocycles. The van der Waals surface area contributed by atoms with Crippen molar-refractivity contribution in [1.29, 1.82) is 0 Å². The summed E-state index contributed by atoms with van der Waals surface area (Å²) in [6.45, 7) is 4.36. The molecule has 7 heteroatoms. The maximum atomic E-state index is 12.3. The Balaban J connectivity index is 1.26. The van der Waals surface area contributed by atoms with Crippen LogP contribution in [0.2, 0.25) is 0 Å². The van der Waals surface area contributed by atoms with Gasteiger partial charge in [-0.05, 0) is 49.4 Å². The van der Waals surface area contributed by atoms with Gasteiger partial charge in [0.15, 0.2) is 0 Å². The third-order valence-corrected chi connectivity index (χ3v) is 6.57. The summed E-state index contributed by atoms with van der Waals surface area (Å²) in [6, 6.07) is 6.17. The molecule has 1 saturated carbocycles. The minimum absolute atomic E-state index is 0.0273. The smallest absolute Gasteiger partial charge is 0.234 e. The van der Waals surface area contributed by atoms with Gasteiger partial charge in [0.1, 0.15) is 5.82 Å². The van der Waals surface area contributed by atoms with Crippen LogP contribution in [0.3, 0.4) is 0 Å². The maximum absolute atomic E-state index is 12.3. The van der Waals surface area contributed by atoms with Crippen molar-refractivity contribution < 1.29 is 4.79 Å². The quantitative estimate of drug-likeness (QED) is 0.684. The normalized spacial score (nSPS) is 17.4. The number of nitrogens with zero attached hydrogens (tertiary/aromatic N) is 3. The second-order valence-corrected chi connectivity index (χ2v) is 8.89. The minimum atomic E-state index is -0.0273. The third kappa shape index (κ3) is 4.87. The van der Waals surface area contributed by atoms with Crippen LogP contribution in [0.25, 0.3) is 0 Å². The van der Waals surface area contributed by atoms with Gasteiger partial charge in [0.25, 0.3) is 0 Å². The van der Waals surface area contributed by atoms with E-state index in [0.717, 1.165) is 36.9 Å². The highest BCUT2D eigenvalue weighted by atomic mass is 32.2. The highest BCUT2D eigenvalue weighted by Crippen LogP contribution is 2.28. The summed E-state index contributed by atoms with van der Waals surface area (Å²) in [6.07, 6.45) is 8.75.